The number of anilines is 1. The van der Waals surface area contributed by atoms with Gasteiger partial charge in [0.2, 0.25) is 5.88 Å². The van der Waals surface area contributed by atoms with Crippen molar-refractivity contribution in [2.75, 3.05) is 38.7 Å². The Balaban J connectivity index is 1.40. The SMILES string of the molecule is COc1ncc(-c2ccccc2)c2sc(NC(=O)N3CC[C@]4(CCCOC4)C3)nc12. The van der Waals surface area contributed by atoms with Gasteiger partial charge in [-0.25, -0.2) is 14.8 Å². The summed E-state index contributed by atoms with van der Waals surface area (Å²) in [6.45, 7) is 3.07. The first-order chi connectivity index (χ1) is 14.7. The Bertz CT molecular complexity index is 1060. The Hall–Kier alpha value is -2.71. The number of nitrogens with one attached hydrogen (secondary N) is 1. The first kappa shape index (κ1) is 19.3. The van der Waals surface area contributed by atoms with Gasteiger partial charge in [0.05, 0.1) is 18.4 Å². The number of hydrogen-bond acceptors (Lipinski definition) is 6. The van der Waals surface area contributed by atoms with E-state index in [2.05, 4.69) is 15.3 Å². The number of carbonyl (C=O) groups excluding carboxylic acids is 1. The zero-order valence-corrected chi connectivity index (χ0v) is 17.7. The van der Waals surface area contributed by atoms with E-state index in [4.69, 9.17) is 9.47 Å². The lowest BCUT2D eigenvalue weighted by Gasteiger charge is -2.32. The van der Waals surface area contributed by atoms with Crippen LogP contribution in [0.2, 0.25) is 0 Å². The first-order valence-electron chi connectivity index (χ1n) is 10.2. The van der Waals surface area contributed by atoms with Gasteiger partial charge in [0, 0.05) is 36.9 Å². The molecule has 2 aliphatic heterocycles. The van der Waals surface area contributed by atoms with Crippen molar-refractivity contribution in [3.63, 3.8) is 0 Å². The highest BCUT2D eigenvalue weighted by Crippen LogP contribution is 2.40. The summed E-state index contributed by atoms with van der Waals surface area (Å²) < 4.78 is 12.0. The number of hydrogen-bond donors (Lipinski definition) is 1. The Morgan fingerprint density at radius 3 is 2.93 bits per heavy atom. The van der Waals surface area contributed by atoms with E-state index in [0.717, 1.165) is 61.4 Å². The molecule has 1 N–H and O–H groups in total. The molecule has 2 fully saturated rings. The fraction of sp³-hybridized carbons (Fsp3) is 0.409. The van der Waals surface area contributed by atoms with Gasteiger partial charge in [0.15, 0.2) is 5.13 Å². The molecule has 2 aliphatic rings. The van der Waals surface area contributed by atoms with E-state index >= 15 is 0 Å². The van der Waals surface area contributed by atoms with Crippen molar-refractivity contribution in [2.45, 2.75) is 19.3 Å². The number of rotatable bonds is 3. The molecule has 0 bridgehead atoms. The van der Waals surface area contributed by atoms with E-state index in [9.17, 15) is 4.79 Å². The number of carbonyl (C=O) groups is 1. The Morgan fingerprint density at radius 1 is 1.30 bits per heavy atom. The van der Waals surface area contributed by atoms with Gasteiger partial charge in [-0.15, -0.1) is 0 Å². The van der Waals surface area contributed by atoms with Crippen molar-refractivity contribution in [1.82, 2.24) is 14.9 Å². The van der Waals surface area contributed by atoms with E-state index in [1.54, 1.807) is 13.3 Å². The molecule has 2 aromatic heterocycles. The molecule has 1 spiro atoms. The van der Waals surface area contributed by atoms with Crippen LogP contribution in [0, 0.1) is 5.41 Å². The predicted octanol–water partition coefficient (Wildman–Crippen LogP) is 4.40. The summed E-state index contributed by atoms with van der Waals surface area (Å²) in [5, 5.41) is 3.55. The summed E-state index contributed by atoms with van der Waals surface area (Å²) >= 11 is 1.45. The average Bonchev–Trinajstić information content (AvgIpc) is 3.38. The molecule has 5 rings (SSSR count). The van der Waals surface area contributed by atoms with Gasteiger partial charge < -0.3 is 14.4 Å². The highest BCUT2D eigenvalue weighted by molar-refractivity contribution is 7.23. The van der Waals surface area contributed by atoms with Gasteiger partial charge in [-0.2, -0.15) is 0 Å². The third-order valence-electron chi connectivity index (χ3n) is 6.01. The molecular formula is C22H24N4O3S. The molecule has 0 unspecified atom stereocenters. The molecule has 156 valence electrons. The van der Waals surface area contributed by atoms with Gasteiger partial charge in [0.25, 0.3) is 0 Å². The molecule has 7 nitrogen and oxygen atoms in total. The van der Waals surface area contributed by atoms with E-state index in [0.29, 0.717) is 16.5 Å². The summed E-state index contributed by atoms with van der Waals surface area (Å²) in [6, 6.07) is 9.94. The minimum Gasteiger partial charge on any atom is -0.479 e. The molecule has 2 amide bonds. The maximum absolute atomic E-state index is 12.9. The highest BCUT2D eigenvalue weighted by atomic mass is 32.1. The number of thiazole rings is 1. The number of amides is 2. The second kappa shape index (κ2) is 7.85. The smallest absolute Gasteiger partial charge is 0.323 e. The van der Waals surface area contributed by atoms with Crippen molar-refractivity contribution < 1.29 is 14.3 Å². The molecule has 0 saturated carbocycles. The van der Waals surface area contributed by atoms with E-state index in [1.165, 1.54) is 11.3 Å². The summed E-state index contributed by atoms with van der Waals surface area (Å²) in [7, 11) is 1.58. The Morgan fingerprint density at radius 2 is 2.17 bits per heavy atom. The first-order valence-corrected chi connectivity index (χ1v) is 11.0. The number of ether oxygens (including phenoxy) is 2. The number of fused-ring (bicyclic) bond motifs is 1. The number of aromatic nitrogens is 2. The molecule has 3 aromatic rings. The van der Waals surface area contributed by atoms with Crippen LogP contribution in [0.1, 0.15) is 19.3 Å². The van der Waals surface area contributed by atoms with Crippen LogP contribution in [0.5, 0.6) is 5.88 Å². The van der Waals surface area contributed by atoms with Crippen LogP contribution in [0.4, 0.5) is 9.93 Å². The molecule has 8 heteroatoms. The van der Waals surface area contributed by atoms with Gasteiger partial charge in [-0.05, 0) is 24.8 Å². The topological polar surface area (TPSA) is 76.6 Å². The fourth-order valence-electron chi connectivity index (χ4n) is 4.43. The van der Waals surface area contributed by atoms with Crippen LogP contribution in [0.25, 0.3) is 21.3 Å². The lowest BCUT2D eigenvalue weighted by molar-refractivity contribution is -0.000213. The molecule has 4 heterocycles. The molecule has 0 aliphatic carbocycles. The molecule has 1 aromatic carbocycles. The monoisotopic (exact) mass is 424 g/mol. The average molecular weight is 425 g/mol. The maximum atomic E-state index is 12.9. The molecule has 30 heavy (non-hydrogen) atoms. The standard InChI is InChI=1S/C22H24N4O3S/c1-28-19-17-18(16(12-23-19)15-6-3-2-4-7-15)30-20(24-17)25-21(27)26-10-9-22(13-26)8-5-11-29-14-22/h2-4,6-7,12H,5,8-11,13-14H2,1H3,(H,24,25,27)/t22-/m1/s1. The maximum Gasteiger partial charge on any atom is 0.323 e. The zero-order chi connectivity index (χ0) is 20.6. The van der Waals surface area contributed by atoms with Crippen molar-refractivity contribution >= 4 is 32.7 Å². The third-order valence-corrected chi connectivity index (χ3v) is 7.01. The number of benzene rings is 1. The summed E-state index contributed by atoms with van der Waals surface area (Å²) in [6.07, 6.45) is 4.99. The highest BCUT2D eigenvalue weighted by Gasteiger charge is 2.41. The van der Waals surface area contributed by atoms with Gasteiger partial charge in [-0.3, -0.25) is 5.32 Å². The van der Waals surface area contributed by atoms with Crippen LogP contribution in [-0.4, -0.2) is 54.3 Å². The predicted molar refractivity (Wildman–Crippen MR) is 117 cm³/mol. The van der Waals surface area contributed by atoms with Crippen LogP contribution in [-0.2, 0) is 4.74 Å². The van der Waals surface area contributed by atoms with Crippen LogP contribution < -0.4 is 10.1 Å². The Labute approximate surface area is 179 Å². The summed E-state index contributed by atoms with van der Waals surface area (Å²) in [4.78, 5) is 23.9. The third kappa shape index (κ3) is 3.50. The van der Waals surface area contributed by atoms with Crippen molar-refractivity contribution in [3.05, 3.63) is 36.5 Å². The Kier molecular flexibility index (Phi) is 5.04. The molecular weight excluding hydrogens is 400 g/mol. The fourth-order valence-corrected chi connectivity index (χ4v) is 5.41. The largest absolute Gasteiger partial charge is 0.479 e. The summed E-state index contributed by atoms with van der Waals surface area (Å²) in [5.74, 6) is 0.459. The van der Waals surface area contributed by atoms with Crippen LogP contribution in [0.3, 0.4) is 0 Å². The lowest BCUT2D eigenvalue weighted by atomic mass is 9.82. The number of methoxy groups -OCH3 is 1. The molecule has 0 radical (unpaired) electrons. The number of urea groups is 1. The number of nitrogens with zero attached hydrogens (tertiary/aromatic N) is 3. The summed E-state index contributed by atoms with van der Waals surface area (Å²) in [5.41, 5.74) is 2.82. The van der Waals surface area contributed by atoms with E-state index in [-0.39, 0.29) is 11.4 Å². The molecule has 1 atom stereocenters. The number of pyridine rings is 1. The molecule has 2 saturated heterocycles. The van der Waals surface area contributed by atoms with Crippen LogP contribution in [0.15, 0.2) is 36.5 Å². The van der Waals surface area contributed by atoms with Crippen molar-refractivity contribution in [2.24, 2.45) is 5.41 Å². The van der Waals surface area contributed by atoms with E-state index in [1.807, 2.05) is 35.2 Å². The minimum absolute atomic E-state index is 0.107. The second-order valence-electron chi connectivity index (χ2n) is 8.00. The van der Waals surface area contributed by atoms with Gasteiger partial charge >= 0.3 is 6.03 Å². The van der Waals surface area contributed by atoms with Gasteiger partial charge in [0.1, 0.15) is 5.52 Å². The lowest BCUT2D eigenvalue weighted by Crippen LogP contribution is -2.38. The quantitative estimate of drug-likeness (QED) is 0.674. The minimum atomic E-state index is -0.107. The zero-order valence-electron chi connectivity index (χ0n) is 16.9. The van der Waals surface area contributed by atoms with Crippen molar-refractivity contribution in [3.8, 4) is 17.0 Å². The van der Waals surface area contributed by atoms with Gasteiger partial charge in [-0.1, -0.05) is 41.7 Å². The van der Waals surface area contributed by atoms with Crippen LogP contribution >= 0.6 is 11.3 Å². The van der Waals surface area contributed by atoms with E-state index < -0.39 is 0 Å². The number of likely N-dealkylation sites (tertiary alicyclic amines) is 1. The second-order valence-corrected chi connectivity index (χ2v) is 9.00. The van der Waals surface area contributed by atoms with Crippen molar-refractivity contribution in [1.29, 1.82) is 0 Å². The normalized spacial score (nSPS) is 21.3.